The molecule has 0 radical (unpaired) electrons. The largest absolute Gasteiger partial charge is 0.327 e. The summed E-state index contributed by atoms with van der Waals surface area (Å²) >= 11 is 10.7. The standard InChI is InChI=1S/C6H10Br3N/c7-3-1-2-4(10)6(9)5(3)8/h3-6H,1-2,10H2. The Balaban J connectivity index is 2.52. The third kappa shape index (κ3) is 1.96. The highest BCUT2D eigenvalue weighted by atomic mass is 79.9. The molecule has 60 valence electrons. The van der Waals surface area contributed by atoms with Crippen molar-refractivity contribution in [1.29, 1.82) is 0 Å². The zero-order chi connectivity index (χ0) is 7.72. The number of hydrogen-bond acceptors (Lipinski definition) is 1. The van der Waals surface area contributed by atoms with Crippen molar-refractivity contribution in [2.75, 3.05) is 0 Å². The van der Waals surface area contributed by atoms with E-state index in [-0.39, 0.29) is 0 Å². The molecule has 0 heterocycles. The van der Waals surface area contributed by atoms with Crippen LogP contribution in [0.25, 0.3) is 0 Å². The zero-order valence-electron chi connectivity index (χ0n) is 5.43. The van der Waals surface area contributed by atoms with Gasteiger partial charge in [0.25, 0.3) is 0 Å². The zero-order valence-corrected chi connectivity index (χ0v) is 10.2. The molecule has 0 spiro atoms. The van der Waals surface area contributed by atoms with Gasteiger partial charge in [-0.15, -0.1) is 0 Å². The fraction of sp³-hybridized carbons (Fsp3) is 1.00. The summed E-state index contributed by atoms with van der Waals surface area (Å²) in [5, 5.41) is 0. The molecule has 0 aromatic heterocycles. The second-order valence-corrected chi connectivity index (χ2v) is 5.94. The minimum Gasteiger partial charge on any atom is -0.327 e. The summed E-state index contributed by atoms with van der Waals surface area (Å²) in [6, 6.07) is 0.304. The van der Waals surface area contributed by atoms with Crippen molar-refractivity contribution in [2.24, 2.45) is 5.73 Å². The van der Waals surface area contributed by atoms with Crippen LogP contribution in [0, 0.1) is 0 Å². The Morgan fingerprint density at radius 2 is 1.60 bits per heavy atom. The Kier molecular flexibility index (Phi) is 3.68. The van der Waals surface area contributed by atoms with E-state index in [1.54, 1.807) is 0 Å². The molecule has 1 aliphatic carbocycles. The second kappa shape index (κ2) is 3.87. The lowest BCUT2D eigenvalue weighted by Crippen LogP contribution is -2.44. The molecule has 0 aliphatic heterocycles. The molecule has 4 unspecified atom stereocenters. The van der Waals surface area contributed by atoms with E-state index >= 15 is 0 Å². The van der Waals surface area contributed by atoms with Crippen LogP contribution >= 0.6 is 47.8 Å². The molecule has 4 heteroatoms. The third-order valence-electron chi connectivity index (χ3n) is 1.83. The van der Waals surface area contributed by atoms with Gasteiger partial charge in [0, 0.05) is 20.5 Å². The van der Waals surface area contributed by atoms with Crippen molar-refractivity contribution in [3.05, 3.63) is 0 Å². The van der Waals surface area contributed by atoms with Crippen LogP contribution in [0.3, 0.4) is 0 Å². The van der Waals surface area contributed by atoms with Crippen LogP contribution in [-0.2, 0) is 0 Å². The number of alkyl halides is 3. The fourth-order valence-corrected chi connectivity index (χ4v) is 3.40. The van der Waals surface area contributed by atoms with Crippen LogP contribution in [0.1, 0.15) is 12.8 Å². The Morgan fingerprint density at radius 1 is 1.00 bits per heavy atom. The summed E-state index contributed by atoms with van der Waals surface area (Å²) in [5.41, 5.74) is 5.83. The predicted molar refractivity (Wildman–Crippen MR) is 55.4 cm³/mol. The van der Waals surface area contributed by atoms with E-state index in [9.17, 15) is 0 Å². The highest BCUT2D eigenvalue weighted by molar-refractivity contribution is 9.13. The van der Waals surface area contributed by atoms with Crippen molar-refractivity contribution < 1.29 is 0 Å². The lowest BCUT2D eigenvalue weighted by molar-refractivity contribution is 0.485. The van der Waals surface area contributed by atoms with Gasteiger partial charge in [0.15, 0.2) is 0 Å². The van der Waals surface area contributed by atoms with E-state index in [0.29, 0.717) is 20.5 Å². The summed E-state index contributed by atoms with van der Waals surface area (Å²) in [4.78, 5) is 1.44. The summed E-state index contributed by atoms with van der Waals surface area (Å²) in [5.74, 6) is 0. The van der Waals surface area contributed by atoms with Gasteiger partial charge in [0.05, 0.1) is 0 Å². The third-order valence-corrected chi connectivity index (χ3v) is 6.74. The Hall–Kier alpha value is 1.40. The average molecular weight is 336 g/mol. The molecule has 0 aromatic rings. The quantitative estimate of drug-likeness (QED) is 0.676. The van der Waals surface area contributed by atoms with Crippen LogP contribution < -0.4 is 5.73 Å². The molecule has 0 amide bonds. The van der Waals surface area contributed by atoms with Crippen LogP contribution in [0.5, 0.6) is 0 Å². The van der Waals surface area contributed by atoms with Crippen LogP contribution in [-0.4, -0.2) is 20.5 Å². The summed E-state index contributed by atoms with van der Waals surface area (Å²) in [6.07, 6.45) is 2.27. The number of nitrogens with two attached hydrogens (primary N) is 1. The Labute approximate surface area is 86.5 Å². The van der Waals surface area contributed by atoms with Crippen LogP contribution in [0.4, 0.5) is 0 Å². The van der Waals surface area contributed by atoms with Crippen molar-refractivity contribution in [3.8, 4) is 0 Å². The number of hydrogen-bond donors (Lipinski definition) is 1. The van der Waals surface area contributed by atoms with Gasteiger partial charge in [-0.2, -0.15) is 0 Å². The van der Waals surface area contributed by atoms with Gasteiger partial charge in [0.1, 0.15) is 0 Å². The van der Waals surface area contributed by atoms with Gasteiger partial charge in [-0.3, -0.25) is 0 Å². The molecule has 10 heavy (non-hydrogen) atoms. The van der Waals surface area contributed by atoms with Gasteiger partial charge in [-0.25, -0.2) is 0 Å². The SMILES string of the molecule is NC1CCC(Br)C(Br)C1Br. The minimum absolute atomic E-state index is 0.304. The van der Waals surface area contributed by atoms with E-state index < -0.39 is 0 Å². The first-order valence-corrected chi connectivity index (χ1v) is 6.05. The van der Waals surface area contributed by atoms with E-state index in [2.05, 4.69) is 47.8 Å². The van der Waals surface area contributed by atoms with Gasteiger partial charge < -0.3 is 5.73 Å². The maximum Gasteiger partial charge on any atom is 0.0433 e. The predicted octanol–water partition coefficient (Wildman–Crippen LogP) is 2.40. The molecular weight excluding hydrogens is 326 g/mol. The molecule has 0 saturated heterocycles. The Bertz CT molecular complexity index is 106. The average Bonchev–Trinajstić information content (AvgIpc) is 1.93. The van der Waals surface area contributed by atoms with Gasteiger partial charge in [0.2, 0.25) is 0 Å². The maximum atomic E-state index is 5.83. The van der Waals surface area contributed by atoms with Crippen molar-refractivity contribution in [3.63, 3.8) is 0 Å². The van der Waals surface area contributed by atoms with Crippen molar-refractivity contribution in [2.45, 2.75) is 33.4 Å². The monoisotopic (exact) mass is 333 g/mol. The highest BCUT2D eigenvalue weighted by Gasteiger charge is 2.32. The first-order chi connectivity index (χ1) is 4.63. The van der Waals surface area contributed by atoms with Crippen molar-refractivity contribution >= 4 is 47.8 Å². The van der Waals surface area contributed by atoms with Crippen LogP contribution in [0.15, 0.2) is 0 Å². The van der Waals surface area contributed by atoms with E-state index in [4.69, 9.17) is 5.73 Å². The number of rotatable bonds is 0. The molecule has 0 aromatic carbocycles. The number of halogens is 3. The van der Waals surface area contributed by atoms with E-state index in [1.165, 1.54) is 6.42 Å². The van der Waals surface area contributed by atoms with Gasteiger partial charge >= 0.3 is 0 Å². The lowest BCUT2D eigenvalue weighted by atomic mass is 9.96. The summed E-state index contributed by atoms with van der Waals surface area (Å²) < 4.78 is 0. The molecule has 1 nitrogen and oxygen atoms in total. The molecule has 0 bridgehead atoms. The fourth-order valence-electron chi connectivity index (χ4n) is 1.11. The highest BCUT2D eigenvalue weighted by Crippen LogP contribution is 2.33. The summed E-state index contributed by atoms with van der Waals surface area (Å²) in [7, 11) is 0. The molecule has 1 rings (SSSR count). The van der Waals surface area contributed by atoms with Gasteiger partial charge in [-0.1, -0.05) is 47.8 Å². The topological polar surface area (TPSA) is 26.0 Å². The first-order valence-electron chi connectivity index (χ1n) is 3.30. The maximum absolute atomic E-state index is 5.83. The van der Waals surface area contributed by atoms with Crippen LogP contribution in [0.2, 0.25) is 0 Å². The molecule has 1 saturated carbocycles. The lowest BCUT2D eigenvalue weighted by Gasteiger charge is -2.32. The summed E-state index contributed by atoms with van der Waals surface area (Å²) in [6.45, 7) is 0. The second-order valence-electron chi connectivity index (χ2n) is 2.65. The Morgan fingerprint density at radius 3 is 2.10 bits per heavy atom. The molecule has 1 fully saturated rings. The molecular formula is C6H10Br3N. The van der Waals surface area contributed by atoms with E-state index in [1.807, 2.05) is 0 Å². The first kappa shape index (κ1) is 9.49. The van der Waals surface area contributed by atoms with Gasteiger partial charge in [-0.05, 0) is 12.8 Å². The molecule has 1 aliphatic rings. The smallest absolute Gasteiger partial charge is 0.0433 e. The van der Waals surface area contributed by atoms with Crippen molar-refractivity contribution in [1.82, 2.24) is 0 Å². The molecule has 2 N–H and O–H groups in total. The normalized spacial score (nSPS) is 49.2. The molecule has 4 atom stereocenters. The minimum atomic E-state index is 0.304. The van der Waals surface area contributed by atoms with E-state index in [0.717, 1.165) is 6.42 Å².